The Labute approximate surface area is 155 Å². The lowest BCUT2D eigenvalue weighted by Gasteiger charge is -2.11. The molecule has 0 aliphatic carbocycles. The summed E-state index contributed by atoms with van der Waals surface area (Å²) in [5, 5.41) is 2.82. The highest BCUT2D eigenvalue weighted by molar-refractivity contribution is 8.00. The van der Waals surface area contributed by atoms with Crippen LogP contribution in [0.15, 0.2) is 47.4 Å². The van der Waals surface area contributed by atoms with Crippen LogP contribution >= 0.6 is 11.8 Å². The molecule has 7 heteroatoms. The molecule has 0 fully saturated rings. The van der Waals surface area contributed by atoms with Crippen molar-refractivity contribution in [1.29, 1.82) is 0 Å². The van der Waals surface area contributed by atoms with E-state index < -0.39 is 5.97 Å². The zero-order valence-corrected chi connectivity index (χ0v) is 15.3. The monoisotopic (exact) mass is 373 g/mol. The van der Waals surface area contributed by atoms with E-state index in [1.54, 1.807) is 36.4 Å². The number of carbonyl (C=O) groups excluding carboxylic acids is 2. The number of benzene rings is 2. The van der Waals surface area contributed by atoms with Gasteiger partial charge in [0.05, 0.1) is 11.3 Å². The van der Waals surface area contributed by atoms with Crippen molar-refractivity contribution in [2.45, 2.75) is 24.8 Å². The van der Waals surface area contributed by atoms with Gasteiger partial charge in [0.1, 0.15) is 5.75 Å². The Morgan fingerprint density at radius 1 is 1.15 bits per heavy atom. The van der Waals surface area contributed by atoms with Gasteiger partial charge in [-0.05, 0) is 38.1 Å². The van der Waals surface area contributed by atoms with Crippen molar-refractivity contribution >= 4 is 23.6 Å². The average Bonchev–Trinajstić information content (AvgIpc) is 3.07. The van der Waals surface area contributed by atoms with Crippen LogP contribution in [0.5, 0.6) is 17.2 Å². The second kappa shape index (κ2) is 8.14. The molecule has 6 nitrogen and oxygen atoms in total. The van der Waals surface area contributed by atoms with Crippen LogP contribution in [0.4, 0.5) is 0 Å². The second-order valence-electron chi connectivity index (χ2n) is 5.91. The molecule has 1 amide bonds. The summed E-state index contributed by atoms with van der Waals surface area (Å²) in [4.78, 5) is 25.1. The molecule has 1 aliphatic rings. The molecule has 0 saturated carbocycles. The van der Waals surface area contributed by atoms with Crippen LogP contribution in [0.25, 0.3) is 0 Å². The lowest BCUT2D eigenvalue weighted by molar-refractivity contribution is -0.119. The molecule has 0 atom stereocenters. The number of nitrogens with one attached hydrogen (secondary N) is 1. The highest BCUT2D eigenvalue weighted by Crippen LogP contribution is 2.35. The molecule has 2 aromatic carbocycles. The number of ether oxygens (including phenoxy) is 3. The summed E-state index contributed by atoms with van der Waals surface area (Å²) < 4.78 is 16.0. The number of carbonyl (C=O) groups is 2. The Balaban J connectivity index is 1.68. The molecular formula is C19H19NO5S. The maximum atomic E-state index is 12.5. The van der Waals surface area contributed by atoms with Gasteiger partial charge in [-0.1, -0.05) is 12.1 Å². The molecule has 3 rings (SSSR count). The minimum Gasteiger partial charge on any atom is -0.454 e. The van der Waals surface area contributed by atoms with E-state index in [2.05, 4.69) is 5.32 Å². The van der Waals surface area contributed by atoms with Gasteiger partial charge < -0.3 is 19.5 Å². The molecule has 26 heavy (non-hydrogen) atoms. The number of hydrogen-bond acceptors (Lipinski definition) is 6. The van der Waals surface area contributed by atoms with Gasteiger partial charge in [0, 0.05) is 17.0 Å². The van der Waals surface area contributed by atoms with Gasteiger partial charge >= 0.3 is 5.97 Å². The van der Waals surface area contributed by atoms with E-state index >= 15 is 0 Å². The standard InChI is InChI=1S/C19H19NO5S/c1-12(2)20-18(21)10-26-17-6-4-3-5-14(17)19(22)25-13-7-8-15-16(9-13)24-11-23-15/h3-9,12H,10-11H2,1-2H3,(H,20,21). The maximum Gasteiger partial charge on any atom is 0.344 e. The van der Waals surface area contributed by atoms with Crippen LogP contribution < -0.4 is 19.5 Å². The Bertz CT molecular complexity index is 821. The average molecular weight is 373 g/mol. The van der Waals surface area contributed by atoms with Gasteiger partial charge in [0.2, 0.25) is 12.7 Å². The Hall–Kier alpha value is -2.67. The minimum atomic E-state index is -0.490. The Morgan fingerprint density at radius 2 is 1.92 bits per heavy atom. The van der Waals surface area contributed by atoms with E-state index in [1.165, 1.54) is 11.8 Å². The molecule has 0 saturated heterocycles. The third-order valence-corrected chi connectivity index (χ3v) is 4.54. The molecule has 0 unspecified atom stereocenters. The van der Waals surface area contributed by atoms with Crippen molar-refractivity contribution in [3.05, 3.63) is 48.0 Å². The first-order valence-electron chi connectivity index (χ1n) is 8.16. The molecule has 1 aliphatic heterocycles. The predicted molar refractivity (Wildman–Crippen MR) is 98.0 cm³/mol. The summed E-state index contributed by atoms with van der Waals surface area (Å²) in [6, 6.07) is 12.1. The largest absolute Gasteiger partial charge is 0.454 e. The van der Waals surface area contributed by atoms with E-state index in [9.17, 15) is 9.59 Å². The molecule has 1 N–H and O–H groups in total. The van der Waals surface area contributed by atoms with Crippen LogP contribution in [0, 0.1) is 0 Å². The van der Waals surface area contributed by atoms with E-state index in [4.69, 9.17) is 14.2 Å². The van der Waals surface area contributed by atoms with Crippen LogP contribution in [-0.2, 0) is 4.79 Å². The normalized spacial score (nSPS) is 12.1. The van der Waals surface area contributed by atoms with E-state index in [-0.39, 0.29) is 24.5 Å². The highest BCUT2D eigenvalue weighted by atomic mass is 32.2. The summed E-state index contributed by atoms with van der Waals surface area (Å²) in [6.07, 6.45) is 0. The molecule has 2 aromatic rings. The summed E-state index contributed by atoms with van der Waals surface area (Å²) in [7, 11) is 0. The first kappa shape index (κ1) is 18.1. The maximum absolute atomic E-state index is 12.5. The molecule has 136 valence electrons. The number of esters is 1. The fourth-order valence-electron chi connectivity index (χ4n) is 2.37. The van der Waals surface area contributed by atoms with Gasteiger partial charge in [-0.2, -0.15) is 0 Å². The highest BCUT2D eigenvalue weighted by Gasteiger charge is 2.18. The van der Waals surface area contributed by atoms with Gasteiger partial charge in [0.15, 0.2) is 11.5 Å². The second-order valence-corrected chi connectivity index (χ2v) is 6.93. The quantitative estimate of drug-likeness (QED) is 0.476. The fourth-order valence-corrected chi connectivity index (χ4v) is 3.22. The van der Waals surface area contributed by atoms with Crippen LogP contribution in [0.3, 0.4) is 0 Å². The lowest BCUT2D eigenvalue weighted by atomic mass is 10.2. The third kappa shape index (κ3) is 4.49. The summed E-state index contributed by atoms with van der Waals surface area (Å²) in [6.45, 7) is 3.96. The SMILES string of the molecule is CC(C)NC(=O)CSc1ccccc1C(=O)Oc1ccc2c(c1)OCO2. The van der Waals surface area contributed by atoms with Gasteiger partial charge in [-0.3, -0.25) is 4.79 Å². The van der Waals surface area contributed by atoms with Crippen molar-refractivity contribution in [2.24, 2.45) is 0 Å². The molecule has 0 bridgehead atoms. The van der Waals surface area contributed by atoms with Gasteiger partial charge in [0.25, 0.3) is 0 Å². The Kier molecular flexibility index (Phi) is 5.68. The third-order valence-electron chi connectivity index (χ3n) is 3.47. The van der Waals surface area contributed by atoms with E-state index in [0.717, 1.165) is 0 Å². The van der Waals surface area contributed by atoms with E-state index in [1.807, 2.05) is 19.9 Å². The number of amides is 1. The topological polar surface area (TPSA) is 73.9 Å². The van der Waals surface area contributed by atoms with Crippen molar-refractivity contribution in [3.8, 4) is 17.2 Å². The van der Waals surface area contributed by atoms with Crippen LogP contribution in [0.1, 0.15) is 24.2 Å². The van der Waals surface area contributed by atoms with Crippen molar-refractivity contribution < 1.29 is 23.8 Å². The number of thioether (sulfide) groups is 1. The summed E-state index contributed by atoms with van der Waals surface area (Å²) >= 11 is 1.30. The van der Waals surface area contributed by atoms with Gasteiger partial charge in [-0.15, -0.1) is 11.8 Å². The number of rotatable bonds is 6. The molecular weight excluding hydrogens is 354 g/mol. The molecule has 0 radical (unpaired) electrons. The first-order chi connectivity index (χ1) is 12.5. The van der Waals surface area contributed by atoms with Crippen molar-refractivity contribution in [1.82, 2.24) is 5.32 Å². The lowest BCUT2D eigenvalue weighted by Crippen LogP contribution is -2.31. The number of fused-ring (bicyclic) bond motifs is 1. The molecule has 0 aromatic heterocycles. The van der Waals surface area contributed by atoms with Crippen molar-refractivity contribution in [2.75, 3.05) is 12.5 Å². The molecule has 0 spiro atoms. The number of hydrogen-bond donors (Lipinski definition) is 1. The fraction of sp³-hybridized carbons (Fsp3) is 0.263. The first-order valence-corrected chi connectivity index (χ1v) is 9.14. The van der Waals surface area contributed by atoms with Crippen molar-refractivity contribution in [3.63, 3.8) is 0 Å². The zero-order valence-electron chi connectivity index (χ0n) is 14.5. The minimum absolute atomic E-state index is 0.0781. The molecule has 1 heterocycles. The predicted octanol–water partition coefficient (Wildman–Crippen LogP) is 3.25. The summed E-state index contributed by atoms with van der Waals surface area (Å²) in [5.41, 5.74) is 0.410. The van der Waals surface area contributed by atoms with Gasteiger partial charge in [-0.25, -0.2) is 4.79 Å². The van der Waals surface area contributed by atoms with E-state index in [0.29, 0.717) is 27.7 Å². The van der Waals surface area contributed by atoms with Crippen LogP contribution in [-0.4, -0.2) is 30.5 Å². The van der Waals surface area contributed by atoms with Crippen LogP contribution in [0.2, 0.25) is 0 Å². The Morgan fingerprint density at radius 3 is 2.73 bits per heavy atom. The zero-order chi connectivity index (χ0) is 18.5. The smallest absolute Gasteiger partial charge is 0.344 e. The summed E-state index contributed by atoms with van der Waals surface area (Å²) in [5.74, 6) is 1.20.